The van der Waals surface area contributed by atoms with E-state index in [9.17, 15) is 9.59 Å². The summed E-state index contributed by atoms with van der Waals surface area (Å²) in [6.07, 6.45) is 0. The highest BCUT2D eigenvalue weighted by molar-refractivity contribution is 6.31. The number of benzene rings is 2. The van der Waals surface area contributed by atoms with Crippen LogP contribution < -0.4 is 15.8 Å². The summed E-state index contributed by atoms with van der Waals surface area (Å²) in [5, 5.41) is 8.95. The summed E-state index contributed by atoms with van der Waals surface area (Å²) in [4.78, 5) is 30.6. The van der Waals surface area contributed by atoms with Crippen LogP contribution in [0.1, 0.15) is 30.4 Å². The van der Waals surface area contributed by atoms with Crippen LogP contribution in [0.5, 0.6) is 0 Å². The first kappa shape index (κ1) is 21.3. The summed E-state index contributed by atoms with van der Waals surface area (Å²) in [5.41, 5.74) is 1.57. The van der Waals surface area contributed by atoms with E-state index in [0.29, 0.717) is 21.5 Å². The number of hydrogen-bond donors (Lipinski definition) is 1. The highest BCUT2D eigenvalue weighted by Crippen LogP contribution is 2.30. The fourth-order valence-electron chi connectivity index (χ4n) is 3.84. The van der Waals surface area contributed by atoms with E-state index in [0.717, 1.165) is 31.9 Å². The number of anilines is 2. The molecule has 0 radical (unpaired) electrons. The maximum Gasteiger partial charge on any atom is 0.276 e. The zero-order valence-corrected chi connectivity index (χ0v) is 18.7. The van der Waals surface area contributed by atoms with Gasteiger partial charge >= 0.3 is 0 Å². The van der Waals surface area contributed by atoms with Crippen molar-refractivity contribution in [3.63, 3.8) is 0 Å². The van der Waals surface area contributed by atoms with Crippen molar-refractivity contribution in [3.8, 4) is 0 Å². The summed E-state index contributed by atoms with van der Waals surface area (Å²) >= 11 is 6.25. The zero-order chi connectivity index (χ0) is 22.1. The van der Waals surface area contributed by atoms with Crippen LogP contribution in [0.3, 0.4) is 0 Å². The molecule has 0 aliphatic carbocycles. The van der Waals surface area contributed by atoms with Gasteiger partial charge in [0.15, 0.2) is 5.69 Å². The molecule has 0 saturated carbocycles. The van der Waals surface area contributed by atoms with Crippen molar-refractivity contribution in [1.82, 2.24) is 14.7 Å². The number of nitrogens with one attached hydrogen (secondary N) is 1. The van der Waals surface area contributed by atoms with Gasteiger partial charge in [-0.05, 0) is 45.2 Å². The van der Waals surface area contributed by atoms with E-state index in [-0.39, 0.29) is 23.2 Å². The molecule has 162 valence electrons. The molecule has 2 heterocycles. The molecule has 0 atom stereocenters. The fraction of sp³-hybridized carbons (Fsp3) is 0.348. The van der Waals surface area contributed by atoms with Gasteiger partial charge in [-0.3, -0.25) is 9.59 Å². The second kappa shape index (κ2) is 8.69. The van der Waals surface area contributed by atoms with E-state index in [1.807, 2.05) is 26.0 Å². The molecule has 1 N–H and O–H groups in total. The zero-order valence-electron chi connectivity index (χ0n) is 17.9. The van der Waals surface area contributed by atoms with Crippen LogP contribution in [0.25, 0.3) is 10.8 Å². The van der Waals surface area contributed by atoms with Crippen molar-refractivity contribution >= 4 is 39.7 Å². The number of carbonyl (C=O) groups excluding carboxylic acids is 1. The van der Waals surface area contributed by atoms with Gasteiger partial charge in [0.1, 0.15) is 0 Å². The average Bonchev–Trinajstić information content (AvgIpc) is 2.75. The third kappa shape index (κ3) is 4.29. The van der Waals surface area contributed by atoms with E-state index < -0.39 is 0 Å². The van der Waals surface area contributed by atoms with Crippen molar-refractivity contribution in [1.29, 1.82) is 0 Å². The molecule has 1 fully saturated rings. The molecule has 0 unspecified atom stereocenters. The van der Waals surface area contributed by atoms with Crippen LogP contribution in [-0.4, -0.2) is 53.8 Å². The molecule has 0 spiro atoms. The van der Waals surface area contributed by atoms with Gasteiger partial charge in [-0.2, -0.15) is 5.10 Å². The van der Waals surface area contributed by atoms with Gasteiger partial charge in [0.25, 0.3) is 11.5 Å². The summed E-state index contributed by atoms with van der Waals surface area (Å²) in [5.74, 6) is -0.372. The molecule has 31 heavy (non-hydrogen) atoms. The highest BCUT2D eigenvalue weighted by atomic mass is 35.5. The summed E-state index contributed by atoms with van der Waals surface area (Å²) in [7, 11) is 2.10. The number of fused-ring (bicyclic) bond motifs is 1. The molecule has 1 aliphatic heterocycles. The first-order valence-corrected chi connectivity index (χ1v) is 10.8. The number of hydrogen-bond acceptors (Lipinski definition) is 5. The smallest absolute Gasteiger partial charge is 0.276 e. The Morgan fingerprint density at radius 1 is 1.06 bits per heavy atom. The maximum absolute atomic E-state index is 13.4. The van der Waals surface area contributed by atoms with Crippen molar-refractivity contribution in [3.05, 3.63) is 63.5 Å². The average molecular weight is 440 g/mol. The second-order valence-electron chi connectivity index (χ2n) is 8.14. The quantitative estimate of drug-likeness (QED) is 0.672. The first-order valence-electron chi connectivity index (χ1n) is 10.4. The van der Waals surface area contributed by atoms with E-state index in [2.05, 4.69) is 27.3 Å². The molecule has 0 bridgehead atoms. The monoisotopic (exact) mass is 439 g/mol. The van der Waals surface area contributed by atoms with Gasteiger partial charge in [0, 0.05) is 36.6 Å². The fourth-order valence-corrected chi connectivity index (χ4v) is 4.01. The topological polar surface area (TPSA) is 70.5 Å². The molecule has 1 saturated heterocycles. The number of amides is 1. The van der Waals surface area contributed by atoms with Gasteiger partial charge in [-0.1, -0.05) is 29.8 Å². The van der Waals surface area contributed by atoms with Crippen LogP contribution in [0.2, 0.25) is 5.02 Å². The third-order valence-electron chi connectivity index (χ3n) is 5.58. The number of halogens is 1. The number of carbonyl (C=O) groups is 1. The Bertz CT molecular complexity index is 1180. The molecule has 7 nitrogen and oxygen atoms in total. The number of nitrogens with zero attached hydrogens (tertiary/aromatic N) is 4. The second-order valence-corrected chi connectivity index (χ2v) is 8.58. The molecule has 4 rings (SSSR count). The van der Waals surface area contributed by atoms with Crippen molar-refractivity contribution in [2.45, 2.75) is 19.9 Å². The lowest BCUT2D eigenvalue weighted by Gasteiger charge is -2.35. The van der Waals surface area contributed by atoms with Crippen LogP contribution in [-0.2, 0) is 0 Å². The molecule has 8 heteroatoms. The van der Waals surface area contributed by atoms with E-state index in [1.54, 1.807) is 30.3 Å². The van der Waals surface area contributed by atoms with E-state index >= 15 is 0 Å². The third-order valence-corrected chi connectivity index (χ3v) is 5.82. The Balaban J connectivity index is 1.74. The highest BCUT2D eigenvalue weighted by Gasteiger charge is 2.22. The van der Waals surface area contributed by atoms with Crippen LogP contribution in [0, 0.1) is 0 Å². The Hall–Kier alpha value is -2.90. The summed E-state index contributed by atoms with van der Waals surface area (Å²) < 4.78 is 1.36. The normalized spacial score (nSPS) is 14.9. The lowest BCUT2D eigenvalue weighted by molar-refractivity contribution is 0.102. The summed E-state index contributed by atoms with van der Waals surface area (Å²) in [6.45, 7) is 7.35. The Morgan fingerprint density at radius 3 is 2.42 bits per heavy atom. The van der Waals surface area contributed by atoms with Crippen molar-refractivity contribution in [2.24, 2.45) is 0 Å². The van der Waals surface area contributed by atoms with Gasteiger partial charge in [0.2, 0.25) is 0 Å². The van der Waals surface area contributed by atoms with Gasteiger partial charge in [-0.15, -0.1) is 0 Å². The predicted octanol–water partition coefficient (Wildman–Crippen LogP) is 3.63. The number of rotatable bonds is 4. The Labute approximate surface area is 186 Å². The molecule has 1 amide bonds. The van der Waals surface area contributed by atoms with Crippen LogP contribution in [0.4, 0.5) is 11.4 Å². The van der Waals surface area contributed by atoms with Crippen LogP contribution >= 0.6 is 11.6 Å². The standard InChI is InChI=1S/C23H26ClN5O2/c1-15(2)29-23(31)18-7-5-4-6-17(18)21(26-29)22(30)25-19-14-16(24)8-9-20(19)28-12-10-27(3)11-13-28/h4-9,14-15H,10-13H2,1-3H3,(H,25,30). The van der Waals surface area contributed by atoms with Gasteiger partial charge < -0.3 is 15.1 Å². The minimum atomic E-state index is -0.372. The minimum Gasteiger partial charge on any atom is -0.367 e. The van der Waals surface area contributed by atoms with Gasteiger partial charge in [0.05, 0.1) is 22.8 Å². The first-order chi connectivity index (χ1) is 14.8. The van der Waals surface area contributed by atoms with Gasteiger partial charge in [-0.25, -0.2) is 4.68 Å². The molecule has 3 aromatic rings. The maximum atomic E-state index is 13.4. The number of piperazine rings is 1. The van der Waals surface area contributed by atoms with Crippen molar-refractivity contribution < 1.29 is 4.79 Å². The summed E-state index contributed by atoms with van der Waals surface area (Å²) in [6, 6.07) is 12.4. The molecular formula is C23H26ClN5O2. The molecule has 2 aromatic carbocycles. The predicted molar refractivity (Wildman–Crippen MR) is 126 cm³/mol. The number of aromatic nitrogens is 2. The largest absolute Gasteiger partial charge is 0.367 e. The van der Waals surface area contributed by atoms with Crippen LogP contribution in [0.15, 0.2) is 47.3 Å². The minimum absolute atomic E-state index is 0.171. The SMILES string of the molecule is CC(C)n1nc(C(=O)Nc2cc(Cl)ccc2N2CCN(C)CC2)c2ccccc2c1=O. The molecule has 1 aliphatic rings. The van der Waals surface area contributed by atoms with E-state index in [4.69, 9.17) is 11.6 Å². The number of likely N-dealkylation sites (N-methyl/N-ethyl adjacent to an activating group) is 1. The Kier molecular flexibility index (Phi) is 5.98. The molecule has 1 aromatic heterocycles. The van der Waals surface area contributed by atoms with Crippen molar-refractivity contribution in [2.75, 3.05) is 43.4 Å². The lowest BCUT2D eigenvalue weighted by Crippen LogP contribution is -2.44. The Morgan fingerprint density at radius 2 is 1.74 bits per heavy atom. The molecular weight excluding hydrogens is 414 g/mol. The lowest BCUT2D eigenvalue weighted by atomic mass is 10.1. The van der Waals surface area contributed by atoms with E-state index in [1.165, 1.54) is 4.68 Å².